The lowest BCUT2D eigenvalue weighted by Crippen LogP contribution is -2.06. The molecular formula is C14H12O4. The summed E-state index contributed by atoms with van der Waals surface area (Å²) >= 11 is 0. The molecular weight excluding hydrogens is 232 g/mol. The molecule has 0 aliphatic rings. The van der Waals surface area contributed by atoms with Gasteiger partial charge in [0, 0.05) is 0 Å². The van der Waals surface area contributed by atoms with Crippen molar-refractivity contribution in [3.63, 3.8) is 0 Å². The van der Waals surface area contributed by atoms with Crippen LogP contribution in [0.5, 0.6) is 17.2 Å². The van der Waals surface area contributed by atoms with Gasteiger partial charge in [0.25, 0.3) is 0 Å². The molecule has 0 amide bonds. The second kappa shape index (κ2) is 5.72. The van der Waals surface area contributed by atoms with Gasteiger partial charge in [-0.2, -0.15) is 0 Å². The van der Waals surface area contributed by atoms with Gasteiger partial charge in [-0.3, -0.25) is 0 Å². The number of hydrogen-bond donors (Lipinski definition) is 0. The first kappa shape index (κ1) is 12.0. The Labute approximate surface area is 105 Å². The third-order valence-corrected chi connectivity index (χ3v) is 2.17. The van der Waals surface area contributed by atoms with Crippen molar-refractivity contribution in [3.8, 4) is 17.2 Å². The van der Waals surface area contributed by atoms with Crippen molar-refractivity contribution in [3.05, 3.63) is 54.6 Å². The zero-order chi connectivity index (χ0) is 12.8. The Morgan fingerprint density at radius 1 is 0.833 bits per heavy atom. The lowest BCUT2D eigenvalue weighted by Gasteiger charge is -2.06. The van der Waals surface area contributed by atoms with Crippen LogP contribution in [0.15, 0.2) is 54.6 Å². The van der Waals surface area contributed by atoms with Crippen LogP contribution in [0.3, 0.4) is 0 Å². The van der Waals surface area contributed by atoms with E-state index in [0.29, 0.717) is 11.5 Å². The second-order valence-electron chi connectivity index (χ2n) is 3.44. The van der Waals surface area contributed by atoms with Gasteiger partial charge in [-0.15, -0.1) is 0 Å². The summed E-state index contributed by atoms with van der Waals surface area (Å²) in [6.07, 6.45) is -0.744. The summed E-state index contributed by atoms with van der Waals surface area (Å²) < 4.78 is 14.8. The molecule has 0 aromatic heterocycles. The Morgan fingerprint density at radius 3 is 2.00 bits per heavy atom. The molecule has 0 fully saturated rings. The summed E-state index contributed by atoms with van der Waals surface area (Å²) in [5.74, 6) is 1.82. The molecule has 0 saturated heterocycles. The van der Waals surface area contributed by atoms with Gasteiger partial charge >= 0.3 is 6.16 Å². The number of methoxy groups -OCH3 is 1. The quantitative estimate of drug-likeness (QED) is 0.611. The normalized spacial score (nSPS) is 9.61. The van der Waals surface area contributed by atoms with Crippen molar-refractivity contribution in [1.29, 1.82) is 0 Å². The van der Waals surface area contributed by atoms with Crippen molar-refractivity contribution in [2.45, 2.75) is 0 Å². The van der Waals surface area contributed by atoms with Gasteiger partial charge in [-0.25, -0.2) is 4.79 Å². The fourth-order valence-corrected chi connectivity index (χ4v) is 1.34. The summed E-state index contributed by atoms with van der Waals surface area (Å²) in [6.45, 7) is 0. The molecule has 4 heteroatoms. The van der Waals surface area contributed by atoms with E-state index in [1.54, 1.807) is 24.3 Å². The third-order valence-electron chi connectivity index (χ3n) is 2.17. The van der Waals surface area contributed by atoms with E-state index in [1.165, 1.54) is 7.11 Å². The van der Waals surface area contributed by atoms with Crippen molar-refractivity contribution >= 4 is 6.16 Å². The summed E-state index contributed by atoms with van der Waals surface area (Å²) in [7, 11) is 1.26. The molecule has 0 saturated carbocycles. The number of hydrogen-bond acceptors (Lipinski definition) is 4. The van der Waals surface area contributed by atoms with Crippen molar-refractivity contribution < 1.29 is 19.0 Å². The van der Waals surface area contributed by atoms with E-state index in [1.807, 2.05) is 30.3 Å². The topological polar surface area (TPSA) is 44.8 Å². The Hall–Kier alpha value is -2.49. The second-order valence-corrected chi connectivity index (χ2v) is 3.44. The van der Waals surface area contributed by atoms with Crippen LogP contribution in [0.25, 0.3) is 0 Å². The molecule has 2 aromatic rings. The van der Waals surface area contributed by atoms with Crippen LogP contribution in [-0.2, 0) is 4.74 Å². The highest BCUT2D eigenvalue weighted by Crippen LogP contribution is 2.23. The Morgan fingerprint density at radius 2 is 1.39 bits per heavy atom. The summed E-state index contributed by atoms with van der Waals surface area (Å²) in [6, 6.07) is 16.1. The van der Waals surface area contributed by atoms with Gasteiger partial charge < -0.3 is 14.2 Å². The minimum Gasteiger partial charge on any atom is -0.457 e. The lowest BCUT2D eigenvalue weighted by molar-refractivity contribution is 0.121. The van der Waals surface area contributed by atoms with E-state index >= 15 is 0 Å². The largest absolute Gasteiger partial charge is 0.513 e. The maximum absolute atomic E-state index is 10.9. The zero-order valence-corrected chi connectivity index (χ0v) is 9.83. The molecule has 4 nitrogen and oxygen atoms in total. The van der Waals surface area contributed by atoms with Crippen LogP contribution in [0, 0.1) is 0 Å². The Balaban J connectivity index is 2.02. The Kier molecular flexibility index (Phi) is 3.81. The molecule has 0 atom stereocenters. The fraction of sp³-hybridized carbons (Fsp3) is 0.0714. The van der Waals surface area contributed by atoms with Crippen LogP contribution in [0.4, 0.5) is 4.79 Å². The molecule has 2 aromatic carbocycles. The van der Waals surface area contributed by atoms with Gasteiger partial charge in [0.05, 0.1) is 7.11 Å². The SMILES string of the molecule is COC(=O)Oc1ccc(Oc2ccccc2)cc1. The molecule has 0 aliphatic carbocycles. The van der Waals surface area contributed by atoms with Gasteiger partial charge in [-0.05, 0) is 36.4 Å². The number of carbonyl (C=O) groups is 1. The van der Waals surface area contributed by atoms with Gasteiger partial charge in [0.1, 0.15) is 17.2 Å². The first-order chi connectivity index (χ1) is 8.78. The van der Waals surface area contributed by atoms with Crippen molar-refractivity contribution in [1.82, 2.24) is 0 Å². The van der Waals surface area contributed by atoms with E-state index in [2.05, 4.69) is 4.74 Å². The predicted molar refractivity (Wildman–Crippen MR) is 66.0 cm³/mol. The summed E-state index contributed by atoms with van der Waals surface area (Å²) in [4.78, 5) is 10.9. The molecule has 18 heavy (non-hydrogen) atoms. The highest BCUT2D eigenvalue weighted by Gasteiger charge is 2.03. The molecule has 2 rings (SSSR count). The van der Waals surface area contributed by atoms with Crippen LogP contribution in [0.1, 0.15) is 0 Å². The maximum atomic E-state index is 10.9. The molecule has 92 valence electrons. The highest BCUT2D eigenvalue weighted by atomic mass is 16.7. The first-order valence-electron chi connectivity index (χ1n) is 5.37. The fourth-order valence-electron chi connectivity index (χ4n) is 1.34. The number of carbonyl (C=O) groups excluding carboxylic acids is 1. The molecule has 0 unspecified atom stereocenters. The third kappa shape index (κ3) is 3.25. The highest BCUT2D eigenvalue weighted by molar-refractivity contribution is 5.63. The molecule has 0 spiro atoms. The van der Waals surface area contributed by atoms with Crippen molar-refractivity contribution in [2.24, 2.45) is 0 Å². The zero-order valence-electron chi connectivity index (χ0n) is 9.83. The lowest BCUT2D eigenvalue weighted by atomic mass is 10.3. The number of ether oxygens (including phenoxy) is 3. The van der Waals surface area contributed by atoms with Crippen LogP contribution >= 0.6 is 0 Å². The number of rotatable bonds is 3. The molecule has 0 heterocycles. The predicted octanol–water partition coefficient (Wildman–Crippen LogP) is 3.62. The molecule has 0 N–H and O–H groups in total. The average molecular weight is 244 g/mol. The van der Waals surface area contributed by atoms with E-state index in [-0.39, 0.29) is 0 Å². The minimum absolute atomic E-state index is 0.405. The van der Waals surface area contributed by atoms with Crippen molar-refractivity contribution in [2.75, 3.05) is 7.11 Å². The van der Waals surface area contributed by atoms with E-state index in [9.17, 15) is 4.79 Å². The summed E-state index contributed by atoms with van der Waals surface area (Å²) in [5.41, 5.74) is 0. The van der Waals surface area contributed by atoms with Gasteiger partial charge in [0.2, 0.25) is 0 Å². The van der Waals surface area contributed by atoms with Gasteiger partial charge in [-0.1, -0.05) is 18.2 Å². The smallest absolute Gasteiger partial charge is 0.457 e. The average Bonchev–Trinajstić information content (AvgIpc) is 2.42. The van der Waals surface area contributed by atoms with Crippen LogP contribution in [-0.4, -0.2) is 13.3 Å². The molecule has 0 radical (unpaired) electrons. The summed E-state index contributed by atoms with van der Waals surface area (Å²) in [5, 5.41) is 0. The van der Waals surface area contributed by atoms with E-state index in [0.717, 1.165) is 5.75 Å². The van der Waals surface area contributed by atoms with Crippen LogP contribution in [0.2, 0.25) is 0 Å². The van der Waals surface area contributed by atoms with Gasteiger partial charge in [0.15, 0.2) is 0 Å². The number of benzene rings is 2. The minimum atomic E-state index is -0.744. The first-order valence-corrected chi connectivity index (χ1v) is 5.37. The van der Waals surface area contributed by atoms with E-state index < -0.39 is 6.16 Å². The maximum Gasteiger partial charge on any atom is 0.513 e. The molecule has 0 aliphatic heterocycles. The standard InChI is InChI=1S/C14H12O4/c1-16-14(15)18-13-9-7-12(8-10-13)17-11-5-3-2-4-6-11/h2-10H,1H3. The Bertz CT molecular complexity index is 505. The monoisotopic (exact) mass is 244 g/mol. The number of para-hydroxylation sites is 1. The van der Waals surface area contributed by atoms with E-state index in [4.69, 9.17) is 9.47 Å². The van der Waals surface area contributed by atoms with Crippen LogP contribution < -0.4 is 9.47 Å². The molecule has 0 bridgehead atoms.